The van der Waals surface area contributed by atoms with Gasteiger partial charge in [-0.1, -0.05) is 6.07 Å². The zero-order valence-corrected chi connectivity index (χ0v) is 12.5. The van der Waals surface area contributed by atoms with Gasteiger partial charge in [0, 0.05) is 7.05 Å². The van der Waals surface area contributed by atoms with E-state index in [0.29, 0.717) is 11.5 Å². The third-order valence-corrected chi connectivity index (χ3v) is 2.94. The number of amides is 3. The Hall–Kier alpha value is -2.50. The number of benzene rings is 1. The van der Waals surface area contributed by atoms with Crippen molar-refractivity contribution in [3.05, 3.63) is 29.5 Å². The second-order valence-corrected chi connectivity index (χ2v) is 4.93. The average Bonchev–Trinajstić information content (AvgIpc) is 2.67. The van der Waals surface area contributed by atoms with E-state index < -0.39 is 6.03 Å². The summed E-state index contributed by atoms with van der Waals surface area (Å²) in [7, 11) is 2.98. The Morgan fingerprint density at radius 2 is 1.95 bits per heavy atom. The molecule has 0 atom stereocenters. The maximum Gasteiger partial charge on any atom is 0.328 e. The van der Waals surface area contributed by atoms with Crippen LogP contribution in [0.4, 0.5) is 4.79 Å². The van der Waals surface area contributed by atoms with Gasteiger partial charge in [0.25, 0.3) is 5.91 Å². The summed E-state index contributed by atoms with van der Waals surface area (Å²) in [6.07, 6.45) is 1.64. The molecule has 1 saturated heterocycles. The minimum absolute atomic E-state index is 0.0347. The van der Waals surface area contributed by atoms with Crippen molar-refractivity contribution in [3.63, 3.8) is 0 Å². The first-order valence-corrected chi connectivity index (χ1v) is 6.57. The minimum atomic E-state index is -0.432. The number of urea groups is 1. The van der Waals surface area contributed by atoms with Gasteiger partial charge < -0.3 is 14.8 Å². The molecule has 6 nitrogen and oxygen atoms in total. The minimum Gasteiger partial charge on any atom is -0.493 e. The Bertz CT molecular complexity index is 608. The lowest BCUT2D eigenvalue weighted by Crippen LogP contribution is -2.25. The van der Waals surface area contributed by atoms with Crippen LogP contribution in [0, 0.1) is 0 Å². The first-order chi connectivity index (χ1) is 9.92. The van der Waals surface area contributed by atoms with Crippen molar-refractivity contribution >= 4 is 18.0 Å². The second kappa shape index (κ2) is 5.87. The standard InChI is InChI=1S/C15H18N2O4/c1-9(2)21-12-6-5-10(8-13(12)20-4)7-11-14(18)17(3)15(19)16-11/h5-9H,1-4H3,(H,16,19)/b11-7+. The summed E-state index contributed by atoms with van der Waals surface area (Å²) >= 11 is 0. The molecule has 0 spiro atoms. The highest BCUT2D eigenvalue weighted by molar-refractivity contribution is 6.13. The Balaban J connectivity index is 2.30. The van der Waals surface area contributed by atoms with Crippen molar-refractivity contribution < 1.29 is 19.1 Å². The SMILES string of the molecule is COc1cc(/C=C2/NC(=O)N(C)C2=O)ccc1OC(C)C. The smallest absolute Gasteiger partial charge is 0.328 e. The summed E-state index contributed by atoms with van der Waals surface area (Å²) < 4.78 is 10.9. The molecular formula is C15H18N2O4. The zero-order chi connectivity index (χ0) is 15.6. The summed E-state index contributed by atoms with van der Waals surface area (Å²) in [5, 5.41) is 2.51. The monoisotopic (exact) mass is 290 g/mol. The number of nitrogens with zero attached hydrogens (tertiary/aromatic N) is 1. The molecule has 1 heterocycles. The number of imide groups is 1. The molecule has 3 amide bonds. The maximum atomic E-state index is 11.8. The maximum absolute atomic E-state index is 11.8. The van der Waals surface area contributed by atoms with Crippen molar-refractivity contribution in [3.8, 4) is 11.5 Å². The van der Waals surface area contributed by atoms with E-state index in [1.165, 1.54) is 7.05 Å². The zero-order valence-electron chi connectivity index (χ0n) is 12.5. The van der Waals surface area contributed by atoms with E-state index in [9.17, 15) is 9.59 Å². The molecule has 21 heavy (non-hydrogen) atoms. The highest BCUT2D eigenvalue weighted by atomic mass is 16.5. The van der Waals surface area contributed by atoms with Crippen LogP contribution in [0.3, 0.4) is 0 Å². The van der Waals surface area contributed by atoms with E-state index in [2.05, 4.69) is 5.32 Å². The fourth-order valence-electron chi connectivity index (χ4n) is 1.92. The number of rotatable bonds is 4. The molecule has 0 saturated carbocycles. The van der Waals surface area contributed by atoms with Gasteiger partial charge in [-0.15, -0.1) is 0 Å². The molecule has 1 fully saturated rings. The number of likely N-dealkylation sites (N-methyl/N-ethyl adjacent to an activating group) is 1. The van der Waals surface area contributed by atoms with Crippen molar-refractivity contribution in [2.24, 2.45) is 0 Å². The molecule has 0 bridgehead atoms. The van der Waals surface area contributed by atoms with Gasteiger partial charge in [0.05, 0.1) is 13.2 Å². The average molecular weight is 290 g/mol. The molecule has 112 valence electrons. The Morgan fingerprint density at radius 1 is 1.24 bits per heavy atom. The van der Waals surface area contributed by atoms with Crippen LogP contribution in [0.1, 0.15) is 19.4 Å². The quantitative estimate of drug-likeness (QED) is 0.680. The number of methoxy groups -OCH3 is 1. The van der Waals surface area contributed by atoms with Crippen LogP contribution < -0.4 is 14.8 Å². The van der Waals surface area contributed by atoms with E-state index in [0.717, 1.165) is 10.5 Å². The van der Waals surface area contributed by atoms with Crippen LogP contribution >= 0.6 is 0 Å². The highest BCUT2D eigenvalue weighted by Crippen LogP contribution is 2.30. The molecule has 1 aromatic carbocycles. The van der Waals surface area contributed by atoms with Crippen LogP contribution in [0.15, 0.2) is 23.9 Å². The number of nitrogens with one attached hydrogen (secondary N) is 1. The number of carbonyl (C=O) groups is 2. The van der Waals surface area contributed by atoms with E-state index in [1.54, 1.807) is 31.4 Å². The van der Waals surface area contributed by atoms with Crippen molar-refractivity contribution in [2.45, 2.75) is 20.0 Å². The van der Waals surface area contributed by atoms with E-state index in [4.69, 9.17) is 9.47 Å². The van der Waals surface area contributed by atoms with Crippen LogP contribution in [0.25, 0.3) is 6.08 Å². The predicted molar refractivity (Wildman–Crippen MR) is 78.0 cm³/mol. The molecule has 0 radical (unpaired) electrons. The van der Waals surface area contributed by atoms with Crippen molar-refractivity contribution in [1.29, 1.82) is 0 Å². The molecule has 1 aliphatic heterocycles. The fourth-order valence-corrected chi connectivity index (χ4v) is 1.92. The van der Waals surface area contributed by atoms with Crippen molar-refractivity contribution in [1.82, 2.24) is 10.2 Å². The number of carbonyl (C=O) groups excluding carboxylic acids is 2. The number of hydrogen-bond donors (Lipinski definition) is 1. The lowest BCUT2D eigenvalue weighted by Gasteiger charge is -2.13. The topological polar surface area (TPSA) is 67.9 Å². The van der Waals surface area contributed by atoms with E-state index >= 15 is 0 Å². The Morgan fingerprint density at radius 3 is 2.48 bits per heavy atom. The first kappa shape index (κ1) is 14.9. The van der Waals surface area contributed by atoms with E-state index in [1.807, 2.05) is 13.8 Å². The summed E-state index contributed by atoms with van der Waals surface area (Å²) in [4.78, 5) is 24.2. The lowest BCUT2D eigenvalue weighted by molar-refractivity contribution is -0.121. The van der Waals surface area contributed by atoms with Crippen LogP contribution in [-0.4, -0.2) is 37.1 Å². The van der Waals surface area contributed by atoms with Gasteiger partial charge in [0.2, 0.25) is 0 Å². The molecular weight excluding hydrogens is 272 g/mol. The summed E-state index contributed by atoms with van der Waals surface area (Å²) in [6.45, 7) is 3.86. The van der Waals surface area contributed by atoms with Crippen molar-refractivity contribution in [2.75, 3.05) is 14.2 Å². The van der Waals surface area contributed by atoms with Gasteiger partial charge in [0.15, 0.2) is 11.5 Å². The molecule has 1 aromatic rings. The summed E-state index contributed by atoms with van der Waals surface area (Å²) in [6, 6.07) is 4.89. The molecule has 0 aromatic heterocycles. The normalized spacial score (nSPS) is 16.6. The van der Waals surface area contributed by atoms with Gasteiger partial charge in [-0.05, 0) is 37.6 Å². The molecule has 1 aliphatic rings. The predicted octanol–water partition coefficient (Wildman–Crippen LogP) is 2.00. The number of ether oxygens (including phenoxy) is 2. The molecule has 1 N–H and O–H groups in total. The van der Waals surface area contributed by atoms with Crippen LogP contribution in [-0.2, 0) is 4.79 Å². The van der Waals surface area contributed by atoms with Crippen LogP contribution in [0.2, 0.25) is 0 Å². The molecule has 0 aliphatic carbocycles. The van der Waals surface area contributed by atoms with Gasteiger partial charge in [0.1, 0.15) is 5.70 Å². The van der Waals surface area contributed by atoms with Crippen LogP contribution in [0.5, 0.6) is 11.5 Å². The third kappa shape index (κ3) is 3.16. The lowest BCUT2D eigenvalue weighted by atomic mass is 10.1. The number of hydrogen-bond acceptors (Lipinski definition) is 4. The molecule has 0 unspecified atom stereocenters. The largest absolute Gasteiger partial charge is 0.493 e. The fraction of sp³-hybridized carbons (Fsp3) is 0.333. The van der Waals surface area contributed by atoms with Gasteiger partial charge in [-0.2, -0.15) is 0 Å². The molecule has 6 heteroatoms. The Kier molecular flexibility index (Phi) is 4.16. The van der Waals surface area contributed by atoms with Gasteiger partial charge >= 0.3 is 6.03 Å². The summed E-state index contributed by atoms with van der Waals surface area (Å²) in [5.41, 5.74) is 0.976. The first-order valence-electron chi connectivity index (χ1n) is 6.57. The van der Waals surface area contributed by atoms with E-state index in [-0.39, 0.29) is 17.7 Å². The summed E-state index contributed by atoms with van der Waals surface area (Å²) in [5.74, 6) is 0.846. The molecule has 2 rings (SSSR count). The third-order valence-electron chi connectivity index (χ3n) is 2.94. The highest BCUT2D eigenvalue weighted by Gasteiger charge is 2.29. The van der Waals surface area contributed by atoms with Gasteiger partial charge in [-0.25, -0.2) is 4.79 Å². The van der Waals surface area contributed by atoms with Gasteiger partial charge in [-0.3, -0.25) is 9.69 Å². The second-order valence-electron chi connectivity index (χ2n) is 4.93. The Labute approximate surface area is 123 Å².